The summed E-state index contributed by atoms with van der Waals surface area (Å²) >= 11 is 0. The van der Waals surface area contributed by atoms with Gasteiger partial charge in [-0.05, 0) is 6.07 Å². The molecule has 0 fully saturated rings. The quantitative estimate of drug-likeness (QED) is 0.719. The van der Waals surface area contributed by atoms with Crippen molar-refractivity contribution in [2.45, 2.75) is 0 Å². The Labute approximate surface area is 122 Å². The molecule has 0 spiro atoms. The Hall–Kier alpha value is -3.08. The van der Waals surface area contributed by atoms with Gasteiger partial charge in [0.2, 0.25) is 0 Å². The van der Waals surface area contributed by atoms with Crippen LogP contribution in [0.4, 0.5) is 5.69 Å². The van der Waals surface area contributed by atoms with Crippen molar-refractivity contribution in [2.75, 3.05) is 5.73 Å². The van der Waals surface area contributed by atoms with Crippen molar-refractivity contribution < 1.29 is 0 Å². The first-order valence-corrected chi connectivity index (χ1v) is 6.42. The van der Waals surface area contributed by atoms with Gasteiger partial charge in [-0.1, -0.05) is 30.3 Å². The molecule has 0 radical (unpaired) electrons. The van der Waals surface area contributed by atoms with Crippen molar-refractivity contribution in [3.8, 4) is 11.4 Å². The number of anilines is 1. The summed E-state index contributed by atoms with van der Waals surface area (Å²) in [6.07, 6.45) is 6.40. The lowest BCUT2D eigenvalue weighted by Gasteiger charge is -2.09. The molecule has 0 aliphatic carbocycles. The number of benzene rings is 1. The summed E-state index contributed by atoms with van der Waals surface area (Å²) in [5.41, 5.74) is 9.54. The van der Waals surface area contributed by atoms with E-state index < -0.39 is 0 Å². The van der Waals surface area contributed by atoms with Gasteiger partial charge in [0, 0.05) is 23.5 Å². The third-order valence-corrected chi connectivity index (χ3v) is 3.09. The van der Waals surface area contributed by atoms with E-state index >= 15 is 0 Å². The van der Waals surface area contributed by atoms with E-state index in [1.807, 2.05) is 30.3 Å². The number of aromatic nitrogens is 3. The molecule has 0 bridgehead atoms. The molecule has 5 heteroatoms. The van der Waals surface area contributed by atoms with Gasteiger partial charge in [-0.15, -0.1) is 0 Å². The normalized spacial score (nSPS) is 10.3. The summed E-state index contributed by atoms with van der Waals surface area (Å²) in [7, 11) is 0. The van der Waals surface area contributed by atoms with Gasteiger partial charge < -0.3 is 5.73 Å². The fraction of sp³-hybridized carbons (Fsp3) is 0. The molecule has 0 saturated heterocycles. The number of hydrogen-bond donors (Lipinski definition) is 2. The molecule has 0 saturated carbocycles. The van der Waals surface area contributed by atoms with Gasteiger partial charge in [-0.25, -0.2) is 0 Å². The molecule has 21 heavy (non-hydrogen) atoms. The third-order valence-electron chi connectivity index (χ3n) is 3.09. The van der Waals surface area contributed by atoms with Gasteiger partial charge in [-0.3, -0.25) is 20.4 Å². The van der Waals surface area contributed by atoms with Gasteiger partial charge in [0.15, 0.2) is 0 Å². The van der Waals surface area contributed by atoms with Crippen LogP contribution in [0.3, 0.4) is 0 Å². The standard InChI is InChI=1S/C16H13N5/c17-13-9-21-14(15-10-19-6-7-20-15)8-12(13)16(18)11-4-2-1-3-5-11/h1-10,18H,17H2. The number of pyridine rings is 1. The minimum absolute atomic E-state index is 0.362. The smallest absolute Gasteiger partial charge is 0.107 e. The van der Waals surface area contributed by atoms with Crippen LogP contribution in [0.15, 0.2) is 61.2 Å². The first-order chi connectivity index (χ1) is 10.3. The second kappa shape index (κ2) is 5.50. The largest absolute Gasteiger partial charge is 0.397 e. The van der Waals surface area contributed by atoms with Crippen molar-refractivity contribution in [1.82, 2.24) is 15.0 Å². The SMILES string of the molecule is N=C(c1ccccc1)c1cc(-c2cnccn2)ncc1N. The lowest BCUT2D eigenvalue weighted by Crippen LogP contribution is -2.06. The fourth-order valence-electron chi connectivity index (χ4n) is 2.01. The summed E-state index contributed by atoms with van der Waals surface area (Å²) in [5, 5.41) is 8.33. The number of nitrogens with zero attached hydrogens (tertiary/aromatic N) is 3. The van der Waals surface area contributed by atoms with E-state index in [0.29, 0.717) is 28.4 Å². The van der Waals surface area contributed by atoms with E-state index in [0.717, 1.165) is 5.56 Å². The van der Waals surface area contributed by atoms with Crippen LogP contribution in [0, 0.1) is 5.41 Å². The molecule has 0 amide bonds. The first kappa shape index (κ1) is 12.9. The number of nitrogens with two attached hydrogens (primary N) is 1. The highest BCUT2D eigenvalue weighted by atomic mass is 14.8. The van der Waals surface area contributed by atoms with Gasteiger partial charge in [-0.2, -0.15) is 0 Å². The second-order valence-electron chi connectivity index (χ2n) is 4.49. The topological polar surface area (TPSA) is 88.5 Å². The van der Waals surface area contributed by atoms with E-state index in [1.165, 1.54) is 0 Å². The summed E-state index contributed by atoms with van der Waals surface area (Å²) < 4.78 is 0. The first-order valence-electron chi connectivity index (χ1n) is 6.42. The lowest BCUT2D eigenvalue weighted by atomic mass is 10.0. The molecule has 102 valence electrons. The molecule has 0 aliphatic heterocycles. The van der Waals surface area contributed by atoms with E-state index in [-0.39, 0.29) is 0 Å². The highest BCUT2D eigenvalue weighted by Gasteiger charge is 2.11. The Morgan fingerprint density at radius 2 is 1.76 bits per heavy atom. The van der Waals surface area contributed by atoms with Crippen molar-refractivity contribution >= 4 is 11.4 Å². The Morgan fingerprint density at radius 1 is 0.952 bits per heavy atom. The number of nitrogens with one attached hydrogen (secondary N) is 1. The average molecular weight is 275 g/mol. The maximum atomic E-state index is 8.33. The highest BCUT2D eigenvalue weighted by Crippen LogP contribution is 2.21. The minimum atomic E-state index is 0.362. The maximum Gasteiger partial charge on any atom is 0.107 e. The molecule has 0 unspecified atom stereocenters. The maximum absolute atomic E-state index is 8.33. The zero-order chi connectivity index (χ0) is 14.7. The summed E-state index contributed by atoms with van der Waals surface area (Å²) in [5.74, 6) is 0. The molecule has 2 aromatic heterocycles. The molecule has 3 aromatic rings. The monoisotopic (exact) mass is 275 g/mol. The van der Waals surface area contributed by atoms with Crippen molar-refractivity contribution in [1.29, 1.82) is 5.41 Å². The van der Waals surface area contributed by atoms with Crippen LogP contribution in [0.1, 0.15) is 11.1 Å². The molecule has 5 nitrogen and oxygen atoms in total. The molecule has 1 aromatic carbocycles. The van der Waals surface area contributed by atoms with Gasteiger partial charge in [0.05, 0.1) is 29.5 Å². The van der Waals surface area contributed by atoms with Crippen LogP contribution < -0.4 is 5.73 Å². The van der Waals surface area contributed by atoms with E-state index in [1.54, 1.807) is 30.9 Å². The Kier molecular flexibility index (Phi) is 3.39. The molecular weight excluding hydrogens is 262 g/mol. The molecule has 0 aliphatic rings. The van der Waals surface area contributed by atoms with Crippen LogP contribution in [0.5, 0.6) is 0 Å². The van der Waals surface area contributed by atoms with Crippen LogP contribution in [0.25, 0.3) is 11.4 Å². The number of hydrogen-bond acceptors (Lipinski definition) is 5. The third kappa shape index (κ3) is 2.62. The molecular formula is C16H13N5. The van der Waals surface area contributed by atoms with Gasteiger partial charge in [0.25, 0.3) is 0 Å². The van der Waals surface area contributed by atoms with E-state index in [9.17, 15) is 0 Å². The Bertz CT molecular complexity index is 769. The van der Waals surface area contributed by atoms with Crippen LogP contribution >= 0.6 is 0 Å². The Morgan fingerprint density at radius 3 is 2.48 bits per heavy atom. The highest BCUT2D eigenvalue weighted by molar-refractivity contribution is 6.14. The number of nitrogen functional groups attached to an aromatic ring is 1. The van der Waals surface area contributed by atoms with Crippen molar-refractivity contribution in [3.05, 3.63) is 72.3 Å². The predicted molar refractivity (Wildman–Crippen MR) is 82.0 cm³/mol. The second-order valence-corrected chi connectivity index (χ2v) is 4.49. The molecule has 0 atom stereocenters. The number of rotatable bonds is 3. The molecule has 2 heterocycles. The van der Waals surface area contributed by atoms with Crippen LogP contribution in [0.2, 0.25) is 0 Å². The minimum Gasteiger partial charge on any atom is -0.397 e. The predicted octanol–water partition coefficient (Wildman–Crippen LogP) is 2.54. The van der Waals surface area contributed by atoms with Crippen LogP contribution in [-0.2, 0) is 0 Å². The molecule has 3 N–H and O–H groups in total. The van der Waals surface area contributed by atoms with Crippen molar-refractivity contribution in [2.24, 2.45) is 0 Å². The van der Waals surface area contributed by atoms with Crippen LogP contribution in [-0.4, -0.2) is 20.7 Å². The van der Waals surface area contributed by atoms with Gasteiger partial charge in [0.1, 0.15) is 5.69 Å². The van der Waals surface area contributed by atoms with E-state index in [2.05, 4.69) is 15.0 Å². The summed E-state index contributed by atoms with van der Waals surface area (Å²) in [6.45, 7) is 0. The van der Waals surface area contributed by atoms with Crippen molar-refractivity contribution in [3.63, 3.8) is 0 Å². The zero-order valence-electron chi connectivity index (χ0n) is 11.2. The summed E-state index contributed by atoms with van der Waals surface area (Å²) in [4.78, 5) is 12.5. The fourth-order valence-corrected chi connectivity index (χ4v) is 2.01. The zero-order valence-corrected chi connectivity index (χ0v) is 11.2. The van der Waals surface area contributed by atoms with Gasteiger partial charge >= 0.3 is 0 Å². The average Bonchev–Trinajstić information content (AvgIpc) is 2.56. The Balaban J connectivity index is 2.05. The lowest BCUT2D eigenvalue weighted by molar-refractivity contribution is 1.17. The van der Waals surface area contributed by atoms with E-state index in [4.69, 9.17) is 11.1 Å². The molecule has 3 rings (SSSR count). The summed E-state index contributed by atoms with van der Waals surface area (Å²) in [6, 6.07) is 11.2.